The molecule has 6 nitrogen and oxygen atoms in total. The van der Waals surface area contributed by atoms with Gasteiger partial charge in [-0.3, -0.25) is 0 Å². The molecular formula is C14H13F3N4O2S2. The molecule has 0 bridgehead atoms. The topological polar surface area (TPSA) is 76.4 Å². The smallest absolute Gasteiger partial charge is 0.221 e. The predicted molar refractivity (Wildman–Crippen MR) is 85.8 cm³/mol. The zero-order valence-corrected chi connectivity index (χ0v) is 14.8. The molecule has 0 spiro atoms. The fourth-order valence-corrected chi connectivity index (χ4v) is 4.42. The van der Waals surface area contributed by atoms with Gasteiger partial charge in [-0.2, -0.15) is 22.8 Å². The van der Waals surface area contributed by atoms with Crippen molar-refractivity contribution in [2.75, 3.05) is 0 Å². The van der Waals surface area contributed by atoms with E-state index in [0.29, 0.717) is 21.2 Å². The lowest BCUT2D eigenvalue weighted by atomic mass is 10.1. The summed E-state index contributed by atoms with van der Waals surface area (Å²) in [6.07, 6.45) is -4.43. The van der Waals surface area contributed by atoms with E-state index in [-0.39, 0.29) is 11.6 Å². The number of imidazole rings is 1. The van der Waals surface area contributed by atoms with E-state index >= 15 is 0 Å². The second-order valence-electron chi connectivity index (χ2n) is 5.34. The fraction of sp³-hybridized carbons (Fsp3) is 0.286. The van der Waals surface area contributed by atoms with Gasteiger partial charge in [0.15, 0.2) is 5.03 Å². The number of nitrogens with zero attached hydrogens (tertiary/aromatic N) is 3. The van der Waals surface area contributed by atoms with Crippen LogP contribution in [0.15, 0.2) is 29.3 Å². The predicted octanol–water partition coefficient (Wildman–Crippen LogP) is 2.90. The normalized spacial score (nSPS) is 12.8. The Kier molecular flexibility index (Phi) is 4.33. The van der Waals surface area contributed by atoms with Crippen LogP contribution in [-0.4, -0.2) is 23.0 Å². The second-order valence-corrected chi connectivity index (χ2v) is 8.18. The number of hydrogen-bond donors (Lipinski definition) is 1. The summed E-state index contributed by atoms with van der Waals surface area (Å²) in [5, 5.41) is 4.72. The Balaban J connectivity index is 1.83. The highest BCUT2D eigenvalue weighted by molar-refractivity contribution is 7.89. The quantitative estimate of drug-likeness (QED) is 0.743. The maximum absolute atomic E-state index is 12.5. The van der Waals surface area contributed by atoms with Crippen LogP contribution < -0.4 is 4.72 Å². The van der Waals surface area contributed by atoms with E-state index in [4.69, 9.17) is 0 Å². The van der Waals surface area contributed by atoms with Crippen molar-refractivity contribution in [2.24, 2.45) is 0 Å². The number of sulfonamides is 1. The number of hydrogen-bond acceptors (Lipinski definition) is 5. The van der Waals surface area contributed by atoms with Gasteiger partial charge in [-0.25, -0.2) is 18.1 Å². The van der Waals surface area contributed by atoms with Crippen LogP contribution >= 0.6 is 11.3 Å². The van der Waals surface area contributed by atoms with Gasteiger partial charge in [-0.1, -0.05) is 23.5 Å². The van der Waals surface area contributed by atoms with E-state index in [1.54, 1.807) is 13.8 Å². The summed E-state index contributed by atoms with van der Waals surface area (Å²) >= 11 is 1.26. The molecule has 0 fully saturated rings. The molecule has 3 rings (SSSR count). The Morgan fingerprint density at radius 2 is 1.84 bits per heavy atom. The summed E-state index contributed by atoms with van der Waals surface area (Å²) in [4.78, 5) is 4.63. The van der Waals surface area contributed by atoms with Crippen LogP contribution in [0.3, 0.4) is 0 Å². The first-order valence-corrected chi connectivity index (χ1v) is 9.36. The summed E-state index contributed by atoms with van der Waals surface area (Å²) in [5.74, 6) is 0. The summed E-state index contributed by atoms with van der Waals surface area (Å²) in [5.41, 5.74) is -0.0755. The molecule has 0 aliphatic heterocycles. The van der Waals surface area contributed by atoms with Crippen molar-refractivity contribution >= 4 is 26.3 Å². The Labute approximate surface area is 145 Å². The van der Waals surface area contributed by atoms with Crippen LogP contribution in [0.4, 0.5) is 13.2 Å². The third-order valence-corrected chi connectivity index (χ3v) is 5.75. The SMILES string of the molecule is Cc1nn2c(S(=O)(=O)NCc3ccc(C(F)(F)F)cc3)c(C)nc2s1. The molecule has 0 atom stereocenters. The van der Waals surface area contributed by atoms with Gasteiger partial charge in [0.2, 0.25) is 4.96 Å². The van der Waals surface area contributed by atoms with Crippen molar-refractivity contribution in [1.82, 2.24) is 19.3 Å². The van der Waals surface area contributed by atoms with Gasteiger partial charge in [0.05, 0.1) is 11.3 Å². The van der Waals surface area contributed by atoms with Crippen LogP contribution in [0.1, 0.15) is 21.8 Å². The van der Waals surface area contributed by atoms with Gasteiger partial charge >= 0.3 is 6.18 Å². The standard InChI is InChI=1S/C14H13F3N4O2S2/c1-8-12(21-13(19-8)24-9(2)20-21)25(22,23)18-7-10-3-5-11(6-4-10)14(15,16)17/h3-6,18H,7H2,1-2H3. The van der Waals surface area contributed by atoms with E-state index in [0.717, 1.165) is 12.1 Å². The first-order chi connectivity index (χ1) is 11.6. The van der Waals surface area contributed by atoms with Crippen LogP contribution in [0.25, 0.3) is 4.96 Å². The van der Waals surface area contributed by atoms with Crippen molar-refractivity contribution in [3.8, 4) is 0 Å². The first-order valence-electron chi connectivity index (χ1n) is 7.06. The van der Waals surface area contributed by atoms with Gasteiger partial charge in [0.25, 0.3) is 10.0 Å². The van der Waals surface area contributed by atoms with E-state index in [1.807, 2.05) is 0 Å². The fourth-order valence-electron chi connectivity index (χ4n) is 2.29. The molecule has 0 aliphatic carbocycles. The lowest BCUT2D eigenvalue weighted by Crippen LogP contribution is -2.25. The minimum atomic E-state index is -4.43. The first kappa shape index (κ1) is 17.8. The Bertz CT molecular complexity index is 1020. The van der Waals surface area contributed by atoms with E-state index in [2.05, 4.69) is 14.8 Å². The third kappa shape index (κ3) is 3.53. The molecule has 0 unspecified atom stereocenters. The van der Waals surface area contributed by atoms with Crippen LogP contribution in [0.2, 0.25) is 0 Å². The Morgan fingerprint density at radius 3 is 2.44 bits per heavy atom. The number of benzene rings is 1. The second kappa shape index (κ2) is 6.07. The van der Waals surface area contributed by atoms with E-state index < -0.39 is 21.8 Å². The van der Waals surface area contributed by atoms with Gasteiger partial charge in [0.1, 0.15) is 5.01 Å². The van der Waals surface area contributed by atoms with Crippen molar-refractivity contribution < 1.29 is 21.6 Å². The molecule has 0 amide bonds. The summed E-state index contributed by atoms with van der Waals surface area (Å²) in [7, 11) is -3.93. The Hall–Kier alpha value is -1.98. The van der Waals surface area contributed by atoms with Gasteiger partial charge in [-0.15, -0.1) is 0 Å². The molecule has 3 aromatic rings. The molecule has 2 heterocycles. The van der Waals surface area contributed by atoms with Crippen molar-refractivity contribution in [1.29, 1.82) is 0 Å². The third-order valence-electron chi connectivity index (χ3n) is 3.43. The lowest BCUT2D eigenvalue weighted by Gasteiger charge is -2.09. The van der Waals surface area contributed by atoms with E-state index in [9.17, 15) is 21.6 Å². The highest BCUT2D eigenvalue weighted by Crippen LogP contribution is 2.29. The largest absolute Gasteiger partial charge is 0.416 e. The van der Waals surface area contributed by atoms with Crippen molar-refractivity contribution in [3.63, 3.8) is 0 Å². The zero-order valence-electron chi connectivity index (χ0n) is 13.1. The zero-order chi connectivity index (χ0) is 18.4. The molecule has 11 heteroatoms. The number of aromatic nitrogens is 3. The number of fused-ring (bicyclic) bond motifs is 1. The number of rotatable bonds is 4. The number of aryl methyl sites for hydroxylation is 2. The lowest BCUT2D eigenvalue weighted by molar-refractivity contribution is -0.137. The van der Waals surface area contributed by atoms with Crippen molar-refractivity contribution in [2.45, 2.75) is 31.6 Å². The average molecular weight is 390 g/mol. The molecule has 0 aliphatic rings. The van der Waals surface area contributed by atoms with Crippen LogP contribution in [0, 0.1) is 13.8 Å². The maximum atomic E-state index is 12.5. The number of halogens is 3. The number of nitrogens with one attached hydrogen (secondary N) is 1. The van der Waals surface area contributed by atoms with E-state index in [1.165, 1.54) is 28.0 Å². The average Bonchev–Trinajstić information content (AvgIpc) is 2.99. The molecule has 0 radical (unpaired) electrons. The maximum Gasteiger partial charge on any atom is 0.416 e. The molecule has 0 saturated carbocycles. The molecule has 1 N–H and O–H groups in total. The molecule has 134 valence electrons. The molecule has 1 aromatic carbocycles. The number of alkyl halides is 3. The van der Waals surface area contributed by atoms with Crippen molar-refractivity contribution in [3.05, 3.63) is 46.1 Å². The summed E-state index contributed by atoms with van der Waals surface area (Å²) in [6.45, 7) is 3.15. The van der Waals surface area contributed by atoms with Gasteiger partial charge < -0.3 is 0 Å². The summed E-state index contributed by atoms with van der Waals surface area (Å²) < 4.78 is 66.4. The van der Waals surface area contributed by atoms with Crippen LogP contribution in [0.5, 0.6) is 0 Å². The highest BCUT2D eigenvalue weighted by Gasteiger charge is 2.30. The summed E-state index contributed by atoms with van der Waals surface area (Å²) in [6, 6.07) is 4.29. The highest BCUT2D eigenvalue weighted by atomic mass is 32.2. The molecule has 2 aromatic heterocycles. The minimum absolute atomic E-state index is 0.0706. The van der Waals surface area contributed by atoms with Crippen LogP contribution in [-0.2, 0) is 22.7 Å². The van der Waals surface area contributed by atoms with Gasteiger partial charge in [0, 0.05) is 6.54 Å². The Morgan fingerprint density at radius 1 is 1.20 bits per heavy atom. The molecule has 25 heavy (non-hydrogen) atoms. The monoisotopic (exact) mass is 390 g/mol. The molecule has 0 saturated heterocycles. The minimum Gasteiger partial charge on any atom is -0.221 e. The molecular weight excluding hydrogens is 377 g/mol. The van der Waals surface area contributed by atoms with Gasteiger partial charge in [-0.05, 0) is 31.5 Å².